The topological polar surface area (TPSA) is 56.1 Å². The number of fused-ring (bicyclic) bond motifs is 1. The Hall–Kier alpha value is -3.67. The van der Waals surface area contributed by atoms with E-state index >= 15 is 0 Å². The number of hydrogen-bond donors (Lipinski definition) is 1. The fourth-order valence-electron chi connectivity index (χ4n) is 3.62. The Balaban J connectivity index is 1.74. The molecule has 4 aromatic rings. The third kappa shape index (κ3) is 3.76. The second kappa shape index (κ2) is 7.99. The first-order valence-corrected chi connectivity index (χ1v) is 9.64. The van der Waals surface area contributed by atoms with Crippen LogP contribution < -0.4 is 10.1 Å². The second-order valence-electron chi connectivity index (χ2n) is 7.18. The molecule has 3 aromatic carbocycles. The molecule has 6 heteroatoms. The molecule has 4 rings (SSSR count). The van der Waals surface area contributed by atoms with Gasteiger partial charge in [0.1, 0.15) is 17.9 Å². The molecule has 1 amide bonds. The molecule has 1 heterocycles. The van der Waals surface area contributed by atoms with E-state index in [1.165, 1.54) is 19.1 Å². The maximum Gasteiger partial charge on any atom is 0.217 e. The number of rotatable bonds is 5. The van der Waals surface area contributed by atoms with Gasteiger partial charge < -0.3 is 10.1 Å². The zero-order valence-corrected chi connectivity index (χ0v) is 17.0. The molecule has 5 nitrogen and oxygen atoms in total. The molecule has 0 aliphatic rings. The summed E-state index contributed by atoms with van der Waals surface area (Å²) in [7, 11) is 1.57. The SMILES string of the molecule is COc1ccc(F)cc1-c1cccc(-n2cnc3cc(C(C)NC(C)=O)ccc32)c1. The van der Waals surface area contributed by atoms with Crippen LogP contribution in [0.25, 0.3) is 27.8 Å². The van der Waals surface area contributed by atoms with Gasteiger partial charge in [0.25, 0.3) is 0 Å². The van der Waals surface area contributed by atoms with Crippen LogP contribution in [0.3, 0.4) is 0 Å². The highest BCUT2D eigenvalue weighted by Gasteiger charge is 2.12. The third-order valence-electron chi connectivity index (χ3n) is 5.09. The summed E-state index contributed by atoms with van der Waals surface area (Å²) >= 11 is 0. The van der Waals surface area contributed by atoms with Crippen LogP contribution in [-0.4, -0.2) is 22.6 Å². The molecule has 0 bridgehead atoms. The van der Waals surface area contributed by atoms with E-state index in [0.717, 1.165) is 27.8 Å². The van der Waals surface area contributed by atoms with Gasteiger partial charge in [-0.3, -0.25) is 9.36 Å². The van der Waals surface area contributed by atoms with Crippen LogP contribution >= 0.6 is 0 Å². The summed E-state index contributed by atoms with van der Waals surface area (Å²) in [5, 5.41) is 2.89. The molecular formula is C24H22FN3O2. The predicted molar refractivity (Wildman–Crippen MR) is 115 cm³/mol. The van der Waals surface area contributed by atoms with Gasteiger partial charge in [0, 0.05) is 18.2 Å². The number of aromatic nitrogens is 2. The first-order valence-electron chi connectivity index (χ1n) is 9.64. The molecule has 30 heavy (non-hydrogen) atoms. The minimum atomic E-state index is -0.315. The van der Waals surface area contributed by atoms with E-state index in [0.29, 0.717) is 11.3 Å². The average molecular weight is 403 g/mol. The standard InChI is InChI=1S/C24H22FN3O2/c1-15(27-16(2)29)17-7-9-23-22(12-17)26-14-28(23)20-6-4-5-18(11-20)21-13-19(25)8-10-24(21)30-3/h4-15H,1-3H3,(H,27,29). The first kappa shape index (κ1) is 19.6. The molecule has 0 aliphatic heterocycles. The molecule has 0 saturated carbocycles. The van der Waals surface area contributed by atoms with Gasteiger partial charge in [0.05, 0.1) is 24.2 Å². The smallest absolute Gasteiger partial charge is 0.217 e. The highest BCUT2D eigenvalue weighted by atomic mass is 19.1. The van der Waals surface area contributed by atoms with Crippen molar-refractivity contribution in [3.63, 3.8) is 0 Å². The summed E-state index contributed by atoms with van der Waals surface area (Å²) in [6, 6.07) is 18.1. The molecule has 0 saturated heterocycles. The third-order valence-corrected chi connectivity index (χ3v) is 5.09. The number of carbonyl (C=O) groups excluding carboxylic acids is 1. The number of amides is 1. The lowest BCUT2D eigenvalue weighted by Crippen LogP contribution is -2.23. The van der Waals surface area contributed by atoms with Crippen molar-refractivity contribution in [1.82, 2.24) is 14.9 Å². The summed E-state index contributed by atoms with van der Waals surface area (Å²) in [6.07, 6.45) is 1.76. The van der Waals surface area contributed by atoms with Gasteiger partial charge in [-0.05, 0) is 60.5 Å². The van der Waals surface area contributed by atoms with Crippen LogP contribution in [0.4, 0.5) is 4.39 Å². The average Bonchev–Trinajstić information content (AvgIpc) is 3.16. The largest absolute Gasteiger partial charge is 0.496 e. The van der Waals surface area contributed by atoms with E-state index < -0.39 is 0 Å². The minimum Gasteiger partial charge on any atom is -0.496 e. The molecule has 0 spiro atoms. The summed E-state index contributed by atoms with van der Waals surface area (Å²) in [4.78, 5) is 15.9. The molecular weight excluding hydrogens is 381 g/mol. The normalized spacial score (nSPS) is 12.0. The fraction of sp³-hybridized carbons (Fsp3) is 0.167. The molecule has 0 fully saturated rings. The zero-order chi connectivity index (χ0) is 21.3. The number of carbonyl (C=O) groups is 1. The van der Waals surface area contributed by atoms with Crippen LogP contribution in [0.5, 0.6) is 5.75 Å². The Morgan fingerprint density at radius 1 is 1.13 bits per heavy atom. The van der Waals surface area contributed by atoms with E-state index in [2.05, 4.69) is 10.3 Å². The molecule has 0 radical (unpaired) electrons. The second-order valence-corrected chi connectivity index (χ2v) is 7.18. The van der Waals surface area contributed by atoms with Gasteiger partial charge in [0.15, 0.2) is 0 Å². The van der Waals surface area contributed by atoms with E-state index in [9.17, 15) is 9.18 Å². The number of ether oxygens (including phenoxy) is 1. The summed E-state index contributed by atoms with van der Waals surface area (Å²) in [6.45, 7) is 3.44. The van der Waals surface area contributed by atoms with Crippen molar-refractivity contribution < 1.29 is 13.9 Å². The van der Waals surface area contributed by atoms with Crippen molar-refractivity contribution >= 4 is 16.9 Å². The van der Waals surface area contributed by atoms with Crippen molar-refractivity contribution in [2.75, 3.05) is 7.11 Å². The summed E-state index contributed by atoms with van der Waals surface area (Å²) in [5.74, 6) is 0.225. The first-order chi connectivity index (χ1) is 14.5. The maximum absolute atomic E-state index is 13.8. The Labute approximate surface area is 174 Å². The van der Waals surface area contributed by atoms with Gasteiger partial charge in [0.2, 0.25) is 5.91 Å². The number of hydrogen-bond acceptors (Lipinski definition) is 3. The molecule has 1 unspecified atom stereocenters. The lowest BCUT2D eigenvalue weighted by Gasteiger charge is -2.13. The van der Waals surface area contributed by atoms with Crippen LogP contribution in [0, 0.1) is 5.82 Å². The summed E-state index contributed by atoms with van der Waals surface area (Å²) in [5.41, 5.74) is 5.21. The van der Waals surface area contributed by atoms with E-state index in [-0.39, 0.29) is 17.8 Å². The highest BCUT2D eigenvalue weighted by molar-refractivity contribution is 5.80. The zero-order valence-electron chi connectivity index (χ0n) is 17.0. The Bertz CT molecular complexity index is 1230. The molecule has 1 aromatic heterocycles. The number of halogens is 1. The van der Waals surface area contributed by atoms with Gasteiger partial charge in [-0.2, -0.15) is 0 Å². The van der Waals surface area contributed by atoms with Crippen LogP contribution in [-0.2, 0) is 4.79 Å². The van der Waals surface area contributed by atoms with Crippen molar-refractivity contribution in [2.24, 2.45) is 0 Å². The number of methoxy groups -OCH3 is 1. The minimum absolute atomic E-state index is 0.0716. The van der Waals surface area contributed by atoms with Gasteiger partial charge in [-0.1, -0.05) is 18.2 Å². The molecule has 1 atom stereocenters. The van der Waals surface area contributed by atoms with Crippen molar-refractivity contribution in [2.45, 2.75) is 19.9 Å². The van der Waals surface area contributed by atoms with Crippen molar-refractivity contribution in [3.05, 3.63) is 78.4 Å². The molecule has 0 aliphatic carbocycles. The molecule has 1 N–H and O–H groups in total. The molecule has 152 valence electrons. The van der Waals surface area contributed by atoms with E-state index in [1.54, 1.807) is 19.5 Å². The van der Waals surface area contributed by atoms with Crippen LogP contribution in [0.15, 0.2) is 67.0 Å². The van der Waals surface area contributed by atoms with Crippen LogP contribution in [0.1, 0.15) is 25.5 Å². The fourth-order valence-corrected chi connectivity index (χ4v) is 3.62. The lowest BCUT2D eigenvalue weighted by molar-refractivity contribution is -0.119. The number of imidazole rings is 1. The quantitative estimate of drug-likeness (QED) is 0.508. The Morgan fingerprint density at radius 3 is 2.73 bits per heavy atom. The Morgan fingerprint density at radius 2 is 1.97 bits per heavy atom. The van der Waals surface area contributed by atoms with Crippen molar-refractivity contribution in [1.29, 1.82) is 0 Å². The monoisotopic (exact) mass is 403 g/mol. The summed E-state index contributed by atoms with van der Waals surface area (Å²) < 4.78 is 21.2. The maximum atomic E-state index is 13.8. The van der Waals surface area contributed by atoms with Gasteiger partial charge in [-0.15, -0.1) is 0 Å². The number of nitrogens with one attached hydrogen (secondary N) is 1. The van der Waals surface area contributed by atoms with E-state index in [4.69, 9.17) is 4.74 Å². The van der Waals surface area contributed by atoms with Crippen LogP contribution in [0.2, 0.25) is 0 Å². The van der Waals surface area contributed by atoms with Gasteiger partial charge >= 0.3 is 0 Å². The highest BCUT2D eigenvalue weighted by Crippen LogP contribution is 2.32. The Kier molecular flexibility index (Phi) is 5.23. The lowest BCUT2D eigenvalue weighted by atomic mass is 10.0. The number of nitrogens with zero attached hydrogens (tertiary/aromatic N) is 2. The van der Waals surface area contributed by atoms with E-state index in [1.807, 2.05) is 54.0 Å². The van der Waals surface area contributed by atoms with Crippen molar-refractivity contribution in [3.8, 4) is 22.6 Å². The predicted octanol–water partition coefficient (Wildman–Crippen LogP) is 5.04. The van der Waals surface area contributed by atoms with Gasteiger partial charge in [-0.25, -0.2) is 9.37 Å². The number of benzene rings is 3.